The highest BCUT2D eigenvalue weighted by Gasteiger charge is 2.34. The molecule has 1 fully saturated rings. The second-order valence-corrected chi connectivity index (χ2v) is 5.55. The van der Waals surface area contributed by atoms with Crippen LogP contribution in [0.4, 0.5) is 0 Å². The Labute approximate surface area is 120 Å². The van der Waals surface area contributed by atoms with Crippen molar-refractivity contribution in [3.8, 4) is 0 Å². The number of hydrogen-bond donors (Lipinski definition) is 1. The quantitative estimate of drug-likeness (QED) is 0.867. The van der Waals surface area contributed by atoms with Crippen LogP contribution in [0.3, 0.4) is 0 Å². The molecule has 20 heavy (non-hydrogen) atoms. The molecule has 0 bridgehead atoms. The first-order valence-corrected chi connectivity index (χ1v) is 7.03. The summed E-state index contributed by atoms with van der Waals surface area (Å²) in [5.74, 6) is 0.0470. The van der Waals surface area contributed by atoms with E-state index in [2.05, 4.69) is 29.3 Å². The lowest BCUT2D eigenvalue weighted by molar-refractivity contribution is -0.121. The Hall–Kier alpha value is -1.46. The maximum atomic E-state index is 12.0. The number of aromatic nitrogens is 1. The summed E-state index contributed by atoms with van der Waals surface area (Å²) in [6, 6.07) is 3.77. The molecule has 1 N–H and O–H groups in total. The summed E-state index contributed by atoms with van der Waals surface area (Å²) in [5, 5.41) is 3.06. The summed E-state index contributed by atoms with van der Waals surface area (Å²) < 4.78 is 5.43. The smallest absolute Gasteiger partial charge is 0.224 e. The van der Waals surface area contributed by atoms with E-state index in [-0.39, 0.29) is 11.4 Å². The van der Waals surface area contributed by atoms with E-state index in [0.29, 0.717) is 13.0 Å². The summed E-state index contributed by atoms with van der Waals surface area (Å²) >= 11 is 0. The molecular weight excluding hydrogens is 254 g/mol. The number of carbonyl (C=O) groups is 1. The SMILES string of the molecule is CN(C)C1(CNC(=O)Cc2cccnc2)CCOCC1. The lowest BCUT2D eigenvalue weighted by atomic mass is 9.88. The molecule has 1 aromatic heterocycles. The maximum absolute atomic E-state index is 12.0. The van der Waals surface area contributed by atoms with E-state index in [0.717, 1.165) is 31.6 Å². The molecule has 1 aliphatic heterocycles. The number of nitrogens with one attached hydrogen (secondary N) is 1. The molecule has 1 saturated heterocycles. The second-order valence-electron chi connectivity index (χ2n) is 5.55. The van der Waals surface area contributed by atoms with Gasteiger partial charge in [-0.05, 0) is 38.6 Å². The van der Waals surface area contributed by atoms with Crippen molar-refractivity contribution in [1.82, 2.24) is 15.2 Å². The van der Waals surface area contributed by atoms with Gasteiger partial charge in [-0.1, -0.05) is 6.07 Å². The predicted molar refractivity (Wildman–Crippen MR) is 77.4 cm³/mol. The number of carbonyl (C=O) groups excluding carboxylic acids is 1. The van der Waals surface area contributed by atoms with Gasteiger partial charge in [-0.2, -0.15) is 0 Å². The lowest BCUT2D eigenvalue weighted by Gasteiger charge is -2.42. The molecule has 0 radical (unpaired) electrons. The maximum Gasteiger partial charge on any atom is 0.224 e. The zero-order valence-corrected chi connectivity index (χ0v) is 12.3. The van der Waals surface area contributed by atoms with E-state index in [4.69, 9.17) is 4.74 Å². The molecule has 0 saturated carbocycles. The number of likely N-dealkylation sites (N-methyl/N-ethyl adjacent to an activating group) is 1. The van der Waals surface area contributed by atoms with Crippen molar-refractivity contribution in [2.45, 2.75) is 24.8 Å². The van der Waals surface area contributed by atoms with Gasteiger partial charge in [0.25, 0.3) is 0 Å². The molecule has 0 atom stereocenters. The molecule has 0 aromatic carbocycles. The van der Waals surface area contributed by atoms with E-state index in [9.17, 15) is 4.79 Å². The van der Waals surface area contributed by atoms with Crippen LogP contribution >= 0.6 is 0 Å². The average Bonchev–Trinajstić information content (AvgIpc) is 2.47. The fourth-order valence-electron chi connectivity index (χ4n) is 2.55. The Bertz CT molecular complexity index is 428. The highest BCUT2D eigenvalue weighted by Crippen LogP contribution is 2.25. The minimum Gasteiger partial charge on any atom is -0.381 e. The molecule has 0 unspecified atom stereocenters. The van der Waals surface area contributed by atoms with Gasteiger partial charge in [0.1, 0.15) is 0 Å². The monoisotopic (exact) mass is 277 g/mol. The average molecular weight is 277 g/mol. The Morgan fingerprint density at radius 1 is 1.45 bits per heavy atom. The van der Waals surface area contributed by atoms with E-state index in [1.165, 1.54) is 0 Å². The highest BCUT2D eigenvalue weighted by molar-refractivity contribution is 5.78. The van der Waals surface area contributed by atoms with Gasteiger partial charge in [0.15, 0.2) is 0 Å². The van der Waals surface area contributed by atoms with Crippen molar-refractivity contribution >= 4 is 5.91 Å². The Morgan fingerprint density at radius 2 is 2.20 bits per heavy atom. The fraction of sp³-hybridized carbons (Fsp3) is 0.600. The van der Waals surface area contributed by atoms with Gasteiger partial charge in [0.2, 0.25) is 5.91 Å². The van der Waals surface area contributed by atoms with Crippen molar-refractivity contribution in [1.29, 1.82) is 0 Å². The van der Waals surface area contributed by atoms with Crippen LogP contribution in [-0.4, -0.2) is 55.2 Å². The van der Waals surface area contributed by atoms with Crippen molar-refractivity contribution in [2.75, 3.05) is 33.9 Å². The molecule has 5 nitrogen and oxygen atoms in total. The zero-order valence-electron chi connectivity index (χ0n) is 12.3. The minimum atomic E-state index is 0.0167. The van der Waals surface area contributed by atoms with Gasteiger partial charge >= 0.3 is 0 Å². The molecule has 0 spiro atoms. The summed E-state index contributed by atoms with van der Waals surface area (Å²) in [6.07, 6.45) is 5.73. The Morgan fingerprint density at radius 3 is 2.80 bits per heavy atom. The number of hydrogen-bond acceptors (Lipinski definition) is 4. The van der Waals surface area contributed by atoms with Gasteiger partial charge in [-0.25, -0.2) is 0 Å². The molecule has 110 valence electrons. The van der Waals surface area contributed by atoms with Crippen LogP contribution in [0.1, 0.15) is 18.4 Å². The molecule has 5 heteroatoms. The number of pyridine rings is 1. The topological polar surface area (TPSA) is 54.5 Å². The summed E-state index contributed by atoms with van der Waals surface area (Å²) in [5.41, 5.74) is 0.957. The molecule has 1 amide bonds. The van der Waals surface area contributed by atoms with Gasteiger partial charge in [0, 0.05) is 37.7 Å². The first kappa shape index (κ1) is 14.9. The van der Waals surface area contributed by atoms with Gasteiger partial charge in [-0.15, -0.1) is 0 Å². The lowest BCUT2D eigenvalue weighted by Crippen LogP contribution is -2.55. The van der Waals surface area contributed by atoms with Crippen LogP contribution in [0.25, 0.3) is 0 Å². The normalized spacial score (nSPS) is 17.9. The number of amides is 1. The third-order valence-corrected chi connectivity index (χ3v) is 4.07. The standard InChI is InChI=1S/C15H23N3O2/c1-18(2)15(5-8-20-9-6-15)12-17-14(19)10-13-4-3-7-16-11-13/h3-4,7,11H,5-6,8-10,12H2,1-2H3,(H,17,19). The first-order chi connectivity index (χ1) is 9.62. The molecule has 1 aliphatic rings. The van der Waals surface area contributed by atoms with Crippen LogP contribution in [0.15, 0.2) is 24.5 Å². The summed E-state index contributed by atoms with van der Waals surface area (Å²) in [7, 11) is 4.14. The largest absolute Gasteiger partial charge is 0.381 e. The van der Waals surface area contributed by atoms with Crippen molar-refractivity contribution in [3.63, 3.8) is 0 Å². The molecule has 1 aromatic rings. The first-order valence-electron chi connectivity index (χ1n) is 7.03. The van der Waals surface area contributed by atoms with E-state index in [1.54, 1.807) is 12.4 Å². The number of nitrogens with zero attached hydrogens (tertiary/aromatic N) is 2. The summed E-state index contributed by atoms with van der Waals surface area (Å²) in [4.78, 5) is 18.3. The third-order valence-electron chi connectivity index (χ3n) is 4.07. The minimum absolute atomic E-state index is 0.0167. The van der Waals surface area contributed by atoms with Gasteiger partial charge in [0.05, 0.1) is 6.42 Å². The Balaban J connectivity index is 1.88. The van der Waals surface area contributed by atoms with E-state index >= 15 is 0 Å². The molecular formula is C15H23N3O2. The van der Waals surface area contributed by atoms with Gasteiger partial charge in [-0.3, -0.25) is 9.78 Å². The van der Waals surface area contributed by atoms with Crippen LogP contribution in [-0.2, 0) is 16.0 Å². The molecule has 2 heterocycles. The van der Waals surface area contributed by atoms with Crippen molar-refractivity contribution < 1.29 is 9.53 Å². The van der Waals surface area contributed by atoms with Crippen molar-refractivity contribution in [3.05, 3.63) is 30.1 Å². The molecule has 0 aliphatic carbocycles. The van der Waals surface area contributed by atoms with E-state index in [1.807, 2.05) is 12.1 Å². The van der Waals surface area contributed by atoms with Crippen LogP contribution < -0.4 is 5.32 Å². The number of rotatable bonds is 5. The third kappa shape index (κ3) is 3.77. The van der Waals surface area contributed by atoms with Crippen LogP contribution in [0, 0.1) is 0 Å². The fourth-order valence-corrected chi connectivity index (χ4v) is 2.55. The second kappa shape index (κ2) is 6.81. The van der Waals surface area contributed by atoms with Crippen LogP contribution in [0.2, 0.25) is 0 Å². The predicted octanol–water partition coefficient (Wildman–Crippen LogP) is 0.851. The number of ether oxygens (including phenoxy) is 1. The zero-order chi connectivity index (χ0) is 14.4. The van der Waals surface area contributed by atoms with Gasteiger partial charge < -0.3 is 15.0 Å². The van der Waals surface area contributed by atoms with Crippen molar-refractivity contribution in [2.24, 2.45) is 0 Å². The Kier molecular flexibility index (Phi) is 5.09. The molecule has 2 rings (SSSR count). The highest BCUT2D eigenvalue weighted by atomic mass is 16.5. The summed E-state index contributed by atoms with van der Waals surface area (Å²) in [6.45, 7) is 2.19. The van der Waals surface area contributed by atoms with E-state index < -0.39 is 0 Å². The van der Waals surface area contributed by atoms with Crippen LogP contribution in [0.5, 0.6) is 0 Å².